The van der Waals surface area contributed by atoms with Gasteiger partial charge in [-0.1, -0.05) is 218 Å². The molecule has 0 amide bonds. The number of nitrogens with zero attached hydrogens (tertiary/aromatic N) is 1. The van der Waals surface area contributed by atoms with Gasteiger partial charge >= 0.3 is 0 Å². The predicted octanol–water partition coefficient (Wildman–Crippen LogP) is 17.0. The molecule has 0 saturated heterocycles. The maximum atomic E-state index is 2.43. The van der Waals surface area contributed by atoms with Crippen molar-refractivity contribution >= 4 is 49.4 Å². The van der Waals surface area contributed by atoms with Gasteiger partial charge in [-0.25, -0.2) is 0 Å². The van der Waals surface area contributed by atoms with Crippen molar-refractivity contribution in [2.45, 2.75) is 0 Å². The molecular formula is C60H41N. The first kappa shape index (κ1) is 36.1. The molecule has 0 atom stereocenters. The van der Waals surface area contributed by atoms with E-state index in [-0.39, 0.29) is 0 Å². The zero-order valence-corrected chi connectivity index (χ0v) is 33.6. The third kappa shape index (κ3) is 6.63. The Balaban J connectivity index is 1.06. The van der Waals surface area contributed by atoms with Crippen LogP contribution in [0.2, 0.25) is 0 Å². The van der Waals surface area contributed by atoms with Crippen LogP contribution in [0, 0.1) is 0 Å². The third-order valence-corrected chi connectivity index (χ3v) is 12.1. The lowest BCUT2D eigenvalue weighted by Gasteiger charge is -2.28. The van der Waals surface area contributed by atoms with Gasteiger partial charge in [-0.05, 0) is 113 Å². The van der Waals surface area contributed by atoms with Gasteiger partial charge in [0.15, 0.2) is 0 Å². The maximum Gasteiger partial charge on any atom is 0.0546 e. The van der Waals surface area contributed by atoms with Gasteiger partial charge in [0.2, 0.25) is 0 Å². The molecule has 11 aromatic carbocycles. The Kier molecular flexibility index (Phi) is 9.26. The SMILES string of the molecule is c1ccc(-c2ccccc2-c2ccccc2-c2ccc(N(c3ccc(-c4c(-c5ccccc5)ccc5ccccc45)cc3)c3cc4ccccc4c4ccccc34)cc2)cc1. The molecule has 1 heteroatoms. The molecule has 0 aliphatic carbocycles. The molecule has 0 radical (unpaired) electrons. The van der Waals surface area contributed by atoms with Crippen molar-refractivity contribution < 1.29 is 0 Å². The van der Waals surface area contributed by atoms with Gasteiger partial charge in [-0.15, -0.1) is 0 Å². The monoisotopic (exact) mass is 775 g/mol. The summed E-state index contributed by atoms with van der Waals surface area (Å²) in [5, 5.41) is 7.39. The van der Waals surface area contributed by atoms with E-state index in [0.29, 0.717) is 0 Å². The minimum atomic E-state index is 1.09. The average Bonchev–Trinajstić information content (AvgIpc) is 3.35. The van der Waals surface area contributed by atoms with Crippen molar-refractivity contribution in [3.05, 3.63) is 249 Å². The first-order chi connectivity index (χ1) is 30.3. The van der Waals surface area contributed by atoms with E-state index in [1.54, 1.807) is 0 Å². The van der Waals surface area contributed by atoms with E-state index in [4.69, 9.17) is 0 Å². The highest BCUT2D eigenvalue weighted by Gasteiger charge is 2.20. The number of hydrogen-bond acceptors (Lipinski definition) is 1. The lowest BCUT2D eigenvalue weighted by Crippen LogP contribution is -2.10. The molecule has 0 aliphatic heterocycles. The van der Waals surface area contributed by atoms with E-state index in [1.807, 2.05) is 0 Å². The first-order valence-corrected chi connectivity index (χ1v) is 21.0. The summed E-state index contributed by atoms with van der Waals surface area (Å²) < 4.78 is 0. The largest absolute Gasteiger partial charge is 0.310 e. The van der Waals surface area contributed by atoms with Crippen LogP contribution in [-0.4, -0.2) is 0 Å². The Morgan fingerprint density at radius 2 is 0.656 bits per heavy atom. The van der Waals surface area contributed by atoms with E-state index < -0.39 is 0 Å². The fourth-order valence-electron chi connectivity index (χ4n) is 9.21. The number of benzene rings is 11. The summed E-state index contributed by atoms with van der Waals surface area (Å²) in [6.07, 6.45) is 0. The van der Waals surface area contributed by atoms with Crippen LogP contribution < -0.4 is 4.90 Å². The number of anilines is 3. The normalized spacial score (nSPS) is 11.3. The Bertz CT molecular complexity index is 3330. The van der Waals surface area contributed by atoms with Crippen molar-refractivity contribution in [3.63, 3.8) is 0 Å². The summed E-state index contributed by atoms with van der Waals surface area (Å²) in [6, 6.07) is 90.4. The van der Waals surface area contributed by atoms with E-state index in [0.717, 1.165) is 17.1 Å². The quantitative estimate of drug-likeness (QED) is 0.139. The molecule has 0 N–H and O–H groups in total. The molecule has 1 nitrogen and oxygen atoms in total. The second-order valence-electron chi connectivity index (χ2n) is 15.6. The van der Waals surface area contributed by atoms with Crippen molar-refractivity contribution in [1.29, 1.82) is 0 Å². The lowest BCUT2D eigenvalue weighted by atomic mass is 9.89. The lowest BCUT2D eigenvalue weighted by molar-refractivity contribution is 1.30. The Hall–Kier alpha value is -8.00. The predicted molar refractivity (Wildman–Crippen MR) is 261 cm³/mol. The second-order valence-corrected chi connectivity index (χ2v) is 15.6. The molecule has 0 fully saturated rings. The van der Waals surface area contributed by atoms with Crippen LogP contribution in [0.5, 0.6) is 0 Å². The highest BCUT2D eigenvalue weighted by Crippen LogP contribution is 2.45. The minimum absolute atomic E-state index is 1.09. The van der Waals surface area contributed by atoms with Crippen molar-refractivity contribution in [3.8, 4) is 55.6 Å². The van der Waals surface area contributed by atoms with Gasteiger partial charge < -0.3 is 4.90 Å². The molecule has 0 bridgehead atoms. The summed E-state index contributed by atoms with van der Waals surface area (Å²) in [7, 11) is 0. The molecular weight excluding hydrogens is 735 g/mol. The molecule has 0 unspecified atom stereocenters. The second kappa shape index (κ2) is 15.6. The van der Waals surface area contributed by atoms with Crippen LogP contribution in [-0.2, 0) is 0 Å². The van der Waals surface area contributed by atoms with Crippen molar-refractivity contribution in [1.82, 2.24) is 0 Å². The third-order valence-electron chi connectivity index (χ3n) is 12.1. The van der Waals surface area contributed by atoms with Gasteiger partial charge in [0.05, 0.1) is 5.69 Å². The van der Waals surface area contributed by atoms with Gasteiger partial charge in [-0.3, -0.25) is 0 Å². The van der Waals surface area contributed by atoms with Crippen LogP contribution in [0.4, 0.5) is 17.1 Å². The summed E-state index contributed by atoms with van der Waals surface area (Å²) in [5.41, 5.74) is 15.4. The van der Waals surface area contributed by atoms with Crippen LogP contribution >= 0.6 is 0 Å². The van der Waals surface area contributed by atoms with Crippen LogP contribution in [0.3, 0.4) is 0 Å². The maximum absolute atomic E-state index is 2.43. The average molecular weight is 776 g/mol. The first-order valence-electron chi connectivity index (χ1n) is 21.0. The van der Waals surface area contributed by atoms with E-state index >= 15 is 0 Å². The molecule has 61 heavy (non-hydrogen) atoms. The fraction of sp³-hybridized carbons (Fsp3) is 0. The van der Waals surface area contributed by atoms with Gasteiger partial charge in [0.1, 0.15) is 0 Å². The highest BCUT2D eigenvalue weighted by atomic mass is 15.1. The summed E-state index contributed by atoms with van der Waals surface area (Å²) >= 11 is 0. The molecule has 0 saturated carbocycles. The smallest absolute Gasteiger partial charge is 0.0546 e. The molecule has 0 spiro atoms. The van der Waals surface area contributed by atoms with Crippen molar-refractivity contribution in [2.75, 3.05) is 4.90 Å². The van der Waals surface area contributed by atoms with E-state index in [1.165, 1.54) is 88.0 Å². The Morgan fingerprint density at radius 1 is 0.230 bits per heavy atom. The number of hydrogen-bond donors (Lipinski definition) is 0. The minimum Gasteiger partial charge on any atom is -0.310 e. The van der Waals surface area contributed by atoms with Gasteiger partial charge in [0.25, 0.3) is 0 Å². The zero-order chi connectivity index (χ0) is 40.5. The number of rotatable bonds is 8. The summed E-state index contributed by atoms with van der Waals surface area (Å²) in [5.74, 6) is 0. The topological polar surface area (TPSA) is 3.24 Å². The molecule has 0 aromatic heterocycles. The standard InChI is InChI=1S/C60H41N/c1-3-17-42(18-4-1)50-23-11-13-27-55(50)56-28-14-12-24-51(56)45-31-36-48(37-32-45)61(59-41-47-22-8-9-25-52(47)57-29-15-16-30-58(57)59)49-38-33-46(34-39-49)60-53-26-10-7-21-44(53)35-40-54(60)43-19-5-2-6-20-43/h1-41H. The van der Waals surface area contributed by atoms with Gasteiger partial charge in [-0.2, -0.15) is 0 Å². The van der Waals surface area contributed by atoms with Gasteiger partial charge in [0, 0.05) is 16.8 Å². The van der Waals surface area contributed by atoms with E-state index in [2.05, 4.69) is 254 Å². The molecule has 11 aromatic rings. The Labute approximate surface area is 357 Å². The number of fused-ring (bicyclic) bond motifs is 4. The summed E-state index contributed by atoms with van der Waals surface area (Å²) in [4.78, 5) is 2.43. The molecule has 11 rings (SSSR count). The highest BCUT2D eigenvalue weighted by molar-refractivity contribution is 6.14. The molecule has 0 aliphatic rings. The van der Waals surface area contributed by atoms with Crippen LogP contribution in [0.25, 0.3) is 88.0 Å². The van der Waals surface area contributed by atoms with E-state index in [9.17, 15) is 0 Å². The fourth-order valence-corrected chi connectivity index (χ4v) is 9.21. The summed E-state index contributed by atoms with van der Waals surface area (Å²) in [6.45, 7) is 0. The van der Waals surface area contributed by atoms with Crippen LogP contribution in [0.15, 0.2) is 249 Å². The van der Waals surface area contributed by atoms with Crippen molar-refractivity contribution in [2.24, 2.45) is 0 Å². The Morgan fingerprint density at radius 3 is 1.26 bits per heavy atom. The zero-order valence-electron chi connectivity index (χ0n) is 33.6. The van der Waals surface area contributed by atoms with Crippen LogP contribution in [0.1, 0.15) is 0 Å². The molecule has 286 valence electrons. The molecule has 0 heterocycles.